The molecule has 156 valence electrons. The van der Waals surface area contributed by atoms with E-state index in [1.165, 1.54) is 11.1 Å². The van der Waals surface area contributed by atoms with Gasteiger partial charge in [0.15, 0.2) is 0 Å². The lowest BCUT2D eigenvalue weighted by molar-refractivity contribution is -0.133. The molecular weight excluding hydrogens is 446 g/mol. The van der Waals surface area contributed by atoms with Crippen LogP contribution in [0.2, 0.25) is 0 Å². The van der Waals surface area contributed by atoms with Crippen LogP contribution >= 0.6 is 15.9 Å². The lowest BCUT2D eigenvalue weighted by Crippen LogP contribution is -2.44. The van der Waals surface area contributed by atoms with Gasteiger partial charge in [0.05, 0.1) is 18.6 Å². The van der Waals surface area contributed by atoms with Gasteiger partial charge >= 0.3 is 0 Å². The first-order chi connectivity index (χ1) is 14.4. The SMILES string of the molecule is Cc1cc2occ(CC(=O)N3CCCC(C(=O)Nc4ccc(Br)cn4)C3)c2cc1C. The van der Waals surface area contributed by atoms with Crippen molar-refractivity contribution >= 4 is 44.5 Å². The number of fused-ring (bicyclic) bond motifs is 1. The highest BCUT2D eigenvalue weighted by molar-refractivity contribution is 9.10. The van der Waals surface area contributed by atoms with Crippen molar-refractivity contribution in [1.82, 2.24) is 9.88 Å². The summed E-state index contributed by atoms with van der Waals surface area (Å²) in [5.41, 5.74) is 4.04. The van der Waals surface area contributed by atoms with E-state index in [0.29, 0.717) is 18.9 Å². The number of piperidine rings is 1. The number of carbonyl (C=O) groups is 2. The molecule has 4 rings (SSSR count). The van der Waals surface area contributed by atoms with Gasteiger partial charge in [-0.2, -0.15) is 0 Å². The monoisotopic (exact) mass is 469 g/mol. The predicted octanol–water partition coefficient (Wildman–Crippen LogP) is 4.63. The fraction of sp³-hybridized carbons (Fsp3) is 0.348. The Hall–Kier alpha value is -2.67. The van der Waals surface area contributed by atoms with Crippen LogP contribution in [0.1, 0.15) is 29.5 Å². The number of pyridine rings is 1. The minimum atomic E-state index is -0.237. The van der Waals surface area contributed by atoms with Gasteiger partial charge in [-0.25, -0.2) is 4.98 Å². The van der Waals surface area contributed by atoms with Crippen molar-refractivity contribution in [3.63, 3.8) is 0 Å². The second-order valence-electron chi connectivity index (χ2n) is 7.90. The Morgan fingerprint density at radius 2 is 2.07 bits per heavy atom. The summed E-state index contributed by atoms with van der Waals surface area (Å²) in [6, 6.07) is 7.67. The number of nitrogens with zero attached hydrogens (tertiary/aromatic N) is 2. The van der Waals surface area contributed by atoms with Gasteiger partial charge < -0.3 is 14.6 Å². The Kier molecular flexibility index (Phi) is 5.90. The zero-order valence-electron chi connectivity index (χ0n) is 17.1. The lowest BCUT2D eigenvalue weighted by Gasteiger charge is -2.32. The van der Waals surface area contributed by atoms with Crippen LogP contribution in [-0.2, 0) is 16.0 Å². The Balaban J connectivity index is 1.41. The van der Waals surface area contributed by atoms with Crippen LogP contribution < -0.4 is 5.32 Å². The third-order valence-electron chi connectivity index (χ3n) is 5.74. The van der Waals surface area contributed by atoms with E-state index in [4.69, 9.17) is 4.42 Å². The second kappa shape index (κ2) is 8.60. The van der Waals surface area contributed by atoms with Crippen LogP contribution in [0.25, 0.3) is 11.0 Å². The third kappa shape index (κ3) is 4.41. The van der Waals surface area contributed by atoms with Gasteiger partial charge in [-0.05, 0) is 78.0 Å². The predicted molar refractivity (Wildman–Crippen MR) is 119 cm³/mol. The zero-order valence-corrected chi connectivity index (χ0v) is 18.7. The van der Waals surface area contributed by atoms with Gasteiger partial charge in [0.25, 0.3) is 0 Å². The van der Waals surface area contributed by atoms with E-state index in [-0.39, 0.29) is 24.2 Å². The van der Waals surface area contributed by atoms with E-state index in [2.05, 4.69) is 39.2 Å². The molecule has 2 aromatic heterocycles. The number of nitrogens with one attached hydrogen (secondary N) is 1. The van der Waals surface area contributed by atoms with E-state index in [0.717, 1.165) is 33.8 Å². The molecule has 1 saturated heterocycles. The largest absolute Gasteiger partial charge is 0.464 e. The Labute approximate surface area is 183 Å². The van der Waals surface area contributed by atoms with Gasteiger partial charge in [0.1, 0.15) is 11.4 Å². The molecule has 1 aromatic carbocycles. The number of amides is 2. The summed E-state index contributed by atoms with van der Waals surface area (Å²) < 4.78 is 6.52. The highest BCUT2D eigenvalue weighted by Gasteiger charge is 2.29. The Bertz CT molecular complexity index is 1090. The van der Waals surface area contributed by atoms with Crippen molar-refractivity contribution in [1.29, 1.82) is 0 Å². The first-order valence-electron chi connectivity index (χ1n) is 10.1. The van der Waals surface area contributed by atoms with Crippen molar-refractivity contribution in [2.45, 2.75) is 33.1 Å². The van der Waals surface area contributed by atoms with Gasteiger partial charge in [-0.15, -0.1) is 0 Å². The molecule has 7 heteroatoms. The molecule has 1 atom stereocenters. The number of carbonyl (C=O) groups excluding carboxylic acids is 2. The smallest absolute Gasteiger partial charge is 0.230 e. The third-order valence-corrected chi connectivity index (χ3v) is 6.20. The van der Waals surface area contributed by atoms with Crippen LogP contribution in [-0.4, -0.2) is 34.8 Å². The number of likely N-dealkylation sites (tertiary alicyclic amines) is 1. The van der Waals surface area contributed by atoms with Gasteiger partial charge in [-0.1, -0.05) is 0 Å². The standard InChI is InChI=1S/C23H24BrN3O3/c1-14-8-19-17(13-30-20(19)9-15(14)2)10-22(28)27-7-3-4-16(12-27)23(29)26-21-6-5-18(24)11-25-21/h5-6,8-9,11,13,16H,3-4,7,10,12H2,1-2H3,(H,25,26,29). The van der Waals surface area contributed by atoms with Crippen molar-refractivity contribution in [2.75, 3.05) is 18.4 Å². The summed E-state index contributed by atoms with van der Waals surface area (Å²) in [5.74, 6) is 0.207. The number of rotatable bonds is 4. The maximum atomic E-state index is 13.0. The van der Waals surface area contributed by atoms with E-state index >= 15 is 0 Å². The molecule has 3 heterocycles. The molecule has 0 aliphatic carbocycles. The Morgan fingerprint density at radius 1 is 1.27 bits per heavy atom. The molecule has 0 saturated carbocycles. The summed E-state index contributed by atoms with van der Waals surface area (Å²) in [7, 11) is 0. The second-order valence-corrected chi connectivity index (χ2v) is 8.82. The number of hydrogen-bond acceptors (Lipinski definition) is 4. The molecule has 0 spiro atoms. The van der Waals surface area contributed by atoms with Crippen molar-refractivity contribution in [2.24, 2.45) is 5.92 Å². The molecule has 0 bridgehead atoms. The summed E-state index contributed by atoms with van der Waals surface area (Å²) >= 11 is 3.33. The van der Waals surface area contributed by atoms with E-state index in [1.54, 1.807) is 23.4 Å². The molecule has 1 fully saturated rings. The summed E-state index contributed by atoms with van der Waals surface area (Å²) in [6.45, 7) is 5.20. The average Bonchev–Trinajstić information content (AvgIpc) is 3.11. The normalized spacial score (nSPS) is 16.6. The van der Waals surface area contributed by atoms with Crippen LogP contribution in [0, 0.1) is 19.8 Å². The molecule has 1 aliphatic heterocycles. The van der Waals surface area contributed by atoms with Crippen molar-refractivity contribution in [3.05, 3.63) is 57.9 Å². The van der Waals surface area contributed by atoms with Crippen LogP contribution in [0.4, 0.5) is 5.82 Å². The first kappa shape index (κ1) is 20.6. The van der Waals surface area contributed by atoms with Crippen molar-refractivity contribution in [3.8, 4) is 0 Å². The first-order valence-corrected chi connectivity index (χ1v) is 10.9. The number of halogens is 1. The number of aryl methyl sites for hydroxylation is 2. The van der Waals surface area contributed by atoms with Crippen LogP contribution in [0.15, 0.2) is 45.6 Å². The van der Waals surface area contributed by atoms with E-state index < -0.39 is 0 Å². The summed E-state index contributed by atoms with van der Waals surface area (Å²) in [4.78, 5) is 31.6. The molecule has 1 N–H and O–H groups in total. The quantitative estimate of drug-likeness (QED) is 0.604. The maximum absolute atomic E-state index is 13.0. The van der Waals surface area contributed by atoms with E-state index in [9.17, 15) is 9.59 Å². The molecule has 0 radical (unpaired) electrons. The highest BCUT2D eigenvalue weighted by atomic mass is 79.9. The maximum Gasteiger partial charge on any atom is 0.230 e. The number of benzene rings is 1. The minimum absolute atomic E-state index is 0.0233. The molecule has 2 amide bonds. The van der Waals surface area contributed by atoms with Gasteiger partial charge in [0, 0.05) is 34.7 Å². The molecule has 3 aromatic rings. The highest BCUT2D eigenvalue weighted by Crippen LogP contribution is 2.26. The fourth-order valence-corrected chi connectivity index (χ4v) is 4.08. The molecule has 6 nitrogen and oxygen atoms in total. The fourth-order valence-electron chi connectivity index (χ4n) is 3.84. The summed E-state index contributed by atoms with van der Waals surface area (Å²) in [6.07, 6.45) is 5.17. The lowest BCUT2D eigenvalue weighted by atomic mass is 9.96. The van der Waals surface area contributed by atoms with Gasteiger partial charge in [0.2, 0.25) is 11.8 Å². The topological polar surface area (TPSA) is 75.4 Å². The minimum Gasteiger partial charge on any atom is -0.464 e. The van der Waals surface area contributed by atoms with Crippen LogP contribution in [0.3, 0.4) is 0 Å². The number of aromatic nitrogens is 1. The summed E-state index contributed by atoms with van der Waals surface area (Å²) in [5, 5.41) is 3.84. The number of furan rings is 1. The van der Waals surface area contributed by atoms with Crippen molar-refractivity contribution < 1.29 is 14.0 Å². The molecular formula is C23H24BrN3O3. The van der Waals surface area contributed by atoms with Crippen LogP contribution in [0.5, 0.6) is 0 Å². The zero-order chi connectivity index (χ0) is 21.3. The van der Waals surface area contributed by atoms with Gasteiger partial charge in [-0.3, -0.25) is 9.59 Å². The molecule has 1 aliphatic rings. The number of anilines is 1. The average molecular weight is 470 g/mol. The molecule has 1 unspecified atom stereocenters. The molecule has 30 heavy (non-hydrogen) atoms. The number of hydrogen-bond donors (Lipinski definition) is 1. The van der Waals surface area contributed by atoms with E-state index in [1.807, 2.05) is 19.1 Å². The Morgan fingerprint density at radius 3 is 2.83 bits per heavy atom.